The van der Waals surface area contributed by atoms with Crippen LogP contribution in [-0.4, -0.2) is 16.6 Å². The maximum atomic E-state index is 4.42. The zero-order valence-corrected chi connectivity index (χ0v) is 12.2. The lowest BCUT2D eigenvalue weighted by Crippen LogP contribution is -2.13. The van der Waals surface area contributed by atoms with Gasteiger partial charge in [0.1, 0.15) is 0 Å². The summed E-state index contributed by atoms with van der Waals surface area (Å²) in [5, 5.41) is 3.25. The number of benzene rings is 1. The van der Waals surface area contributed by atoms with Crippen molar-refractivity contribution < 1.29 is 0 Å². The number of hydrogen-bond acceptors (Lipinski definition) is 2. The van der Waals surface area contributed by atoms with E-state index in [1.807, 2.05) is 13.4 Å². The molecule has 3 nitrogen and oxygen atoms in total. The molecule has 1 heterocycles. The monoisotopic (exact) mass is 269 g/mol. The first-order valence-electron chi connectivity index (χ1n) is 7.65. The lowest BCUT2D eigenvalue weighted by molar-refractivity contribution is 0.433. The predicted molar refractivity (Wildman–Crippen MR) is 82.2 cm³/mol. The minimum Gasteiger partial charge on any atom is -0.316 e. The third-order valence-corrected chi connectivity index (χ3v) is 4.31. The molecular formula is C17H23N3. The second-order valence-electron chi connectivity index (χ2n) is 5.68. The maximum absolute atomic E-state index is 4.42. The second-order valence-corrected chi connectivity index (χ2v) is 5.68. The van der Waals surface area contributed by atoms with Crippen molar-refractivity contribution in [3.8, 4) is 5.69 Å². The van der Waals surface area contributed by atoms with Crippen molar-refractivity contribution in [3.63, 3.8) is 0 Å². The number of aromatic nitrogens is 2. The molecule has 1 aromatic heterocycles. The topological polar surface area (TPSA) is 29.9 Å². The van der Waals surface area contributed by atoms with Gasteiger partial charge in [-0.3, -0.25) is 0 Å². The summed E-state index contributed by atoms with van der Waals surface area (Å²) < 4.78 is 2.29. The van der Waals surface area contributed by atoms with Crippen molar-refractivity contribution in [3.05, 3.63) is 48.0 Å². The van der Waals surface area contributed by atoms with Crippen molar-refractivity contribution >= 4 is 0 Å². The van der Waals surface area contributed by atoms with Crippen LogP contribution in [0.5, 0.6) is 0 Å². The molecule has 0 atom stereocenters. The van der Waals surface area contributed by atoms with Gasteiger partial charge in [-0.2, -0.15) is 0 Å². The van der Waals surface area contributed by atoms with Crippen molar-refractivity contribution in [1.29, 1.82) is 0 Å². The summed E-state index contributed by atoms with van der Waals surface area (Å²) in [6.07, 6.45) is 10.7. The highest BCUT2D eigenvalue weighted by Gasteiger charge is 2.20. The highest BCUT2D eigenvalue weighted by atomic mass is 15.1. The molecule has 0 spiro atoms. The summed E-state index contributed by atoms with van der Waals surface area (Å²) in [7, 11) is 1.99. The average molecular weight is 269 g/mol. The fourth-order valence-corrected chi connectivity index (χ4v) is 3.29. The average Bonchev–Trinajstić information content (AvgIpc) is 2.98. The first kappa shape index (κ1) is 13.4. The van der Waals surface area contributed by atoms with Gasteiger partial charge < -0.3 is 9.88 Å². The van der Waals surface area contributed by atoms with E-state index < -0.39 is 0 Å². The van der Waals surface area contributed by atoms with Crippen LogP contribution in [0.3, 0.4) is 0 Å². The van der Waals surface area contributed by atoms with Crippen LogP contribution in [0.15, 0.2) is 36.8 Å². The van der Waals surface area contributed by atoms with E-state index in [9.17, 15) is 0 Å². The Bertz CT molecular complexity index is 553. The first-order chi connectivity index (χ1) is 9.90. The quantitative estimate of drug-likeness (QED) is 0.918. The number of imidazole rings is 1. The Morgan fingerprint density at radius 3 is 2.80 bits per heavy atom. The van der Waals surface area contributed by atoms with Gasteiger partial charge in [-0.1, -0.05) is 37.5 Å². The van der Waals surface area contributed by atoms with Crippen molar-refractivity contribution in [2.45, 2.75) is 44.6 Å². The highest BCUT2D eigenvalue weighted by molar-refractivity contribution is 5.42. The van der Waals surface area contributed by atoms with Gasteiger partial charge in [0.15, 0.2) is 0 Å². The van der Waals surface area contributed by atoms with Gasteiger partial charge in [0.05, 0.1) is 12.0 Å². The zero-order valence-electron chi connectivity index (χ0n) is 12.2. The summed E-state index contributed by atoms with van der Waals surface area (Å²) in [6, 6.07) is 8.60. The van der Waals surface area contributed by atoms with E-state index in [1.54, 1.807) is 0 Å². The first-order valence-corrected chi connectivity index (χ1v) is 7.65. The molecule has 1 N–H and O–H groups in total. The lowest BCUT2D eigenvalue weighted by atomic mass is 9.87. The molecule has 0 saturated heterocycles. The number of nitrogens with zero attached hydrogens (tertiary/aromatic N) is 2. The number of hydrogen-bond donors (Lipinski definition) is 1. The van der Waals surface area contributed by atoms with Crippen LogP contribution in [0.1, 0.15) is 49.3 Å². The third kappa shape index (κ3) is 2.63. The van der Waals surface area contributed by atoms with Gasteiger partial charge in [-0.25, -0.2) is 4.98 Å². The van der Waals surface area contributed by atoms with E-state index >= 15 is 0 Å². The van der Waals surface area contributed by atoms with Crippen LogP contribution in [-0.2, 0) is 6.54 Å². The molecule has 20 heavy (non-hydrogen) atoms. The number of para-hydroxylation sites is 1. The molecule has 3 rings (SSSR count). The Labute approximate surface area is 121 Å². The van der Waals surface area contributed by atoms with Crippen LogP contribution in [0, 0.1) is 0 Å². The summed E-state index contributed by atoms with van der Waals surface area (Å²) >= 11 is 0. The molecule has 0 radical (unpaired) electrons. The Kier molecular flexibility index (Phi) is 4.16. The number of nitrogens with one attached hydrogen (secondary N) is 1. The molecule has 1 aliphatic carbocycles. The van der Waals surface area contributed by atoms with Crippen molar-refractivity contribution in [2.24, 2.45) is 0 Å². The van der Waals surface area contributed by atoms with E-state index in [1.165, 1.54) is 49.0 Å². The van der Waals surface area contributed by atoms with Crippen molar-refractivity contribution in [2.75, 3.05) is 7.05 Å². The van der Waals surface area contributed by atoms with Gasteiger partial charge in [0, 0.05) is 24.4 Å². The van der Waals surface area contributed by atoms with Gasteiger partial charge in [-0.05, 0) is 31.5 Å². The molecule has 0 amide bonds. The second kappa shape index (κ2) is 6.23. The molecule has 1 fully saturated rings. The van der Waals surface area contributed by atoms with Crippen LogP contribution >= 0.6 is 0 Å². The summed E-state index contributed by atoms with van der Waals surface area (Å²) in [6.45, 7) is 0.887. The van der Waals surface area contributed by atoms with Gasteiger partial charge >= 0.3 is 0 Å². The van der Waals surface area contributed by atoms with Crippen LogP contribution < -0.4 is 5.32 Å². The third-order valence-electron chi connectivity index (χ3n) is 4.31. The highest BCUT2D eigenvalue weighted by Crippen LogP contribution is 2.33. The SMILES string of the molecule is CNCc1ccccc1-n1cncc1C1CCCCC1. The maximum Gasteiger partial charge on any atom is 0.0994 e. The van der Waals surface area contributed by atoms with E-state index in [0.29, 0.717) is 5.92 Å². The summed E-state index contributed by atoms with van der Waals surface area (Å²) in [5.41, 5.74) is 3.97. The van der Waals surface area contributed by atoms with E-state index in [0.717, 1.165) is 6.54 Å². The molecule has 106 valence electrons. The van der Waals surface area contributed by atoms with E-state index in [2.05, 4.69) is 45.3 Å². The molecule has 0 unspecified atom stereocenters. The minimum absolute atomic E-state index is 0.675. The molecule has 1 aromatic carbocycles. The normalized spacial score (nSPS) is 16.4. The Balaban J connectivity index is 1.96. The smallest absolute Gasteiger partial charge is 0.0994 e. The van der Waals surface area contributed by atoms with E-state index in [-0.39, 0.29) is 0 Å². The molecule has 2 aromatic rings. The largest absolute Gasteiger partial charge is 0.316 e. The van der Waals surface area contributed by atoms with Gasteiger partial charge in [0.25, 0.3) is 0 Å². The molecular weight excluding hydrogens is 246 g/mol. The van der Waals surface area contributed by atoms with Gasteiger partial charge in [0.2, 0.25) is 0 Å². The lowest BCUT2D eigenvalue weighted by Gasteiger charge is -2.23. The van der Waals surface area contributed by atoms with Crippen LogP contribution in [0.4, 0.5) is 0 Å². The van der Waals surface area contributed by atoms with Crippen LogP contribution in [0.2, 0.25) is 0 Å². The Morgan fingerprint density at radius 1 is 1.20 bits per heavy atom. The van der Waals surface area contributed by atoms with E-state index in [4.69, 9.17) is 0 Å². The minimum atomic E-state index is 0.675. The van der Waals surface area contributed by atoms with Crippen LogP contribution in [0.25, 0.3) is 5.69 Å². The summed E-state index contributed by atoms with van der Waals surface area (Å²) in [4.78, 5) is 4.42. The molecule has 0 bridgehead atoms. The van der Waals surface area contributed by atoms with Gasteiger partial charge in [-0.15, -0.1) is 0 Å². The zero-order chi connectivity index (χ0) is 13.8. The summed E-state index contributed by atoms with van der Waals surface area (Å²) in [5.74, 6) is 0.675. The standard InChI is InChI=1S/C17H23N3/c1-18-11-15-9-5-6-10-16(15)20-13-19-12-17(20)14-7-3-2-4-8-14/h5-6,9-10,12-14,18H,2-4,7-8,11H2,1H3. The predicted octanol–water partition coefficient (Wildman–Crippen LogP) is 3.64. The fourth-order valence-electron chi connectivity index (χ4n) is 3.29. The molecule has 0 aliphatic heterocycles. The van der Waals surface area contributed by atoms with Crippen molar-refractivity contribution in [1.82, 2.24) is 14.9 Å². The molecule has 1 saturated carbocycles. The Morgan fingerprint density at radius 2 is 2.00 bits per heavy atom. The number of rotatable bonds is 4. The Hall–Kier alpha value is -1.61. The molecule has 1 aliphatic rings. The fraction of sp³-hybridized carbons (Fsp3) is 0.471. The molecule has 3 heteroatoms.